The van der Waals surface area contributed by atoms with E-state index in [0.29, 0.717) is 16.6 Å². The van der Waals surface area contributed by atoms with Crippen LogP contribution in [0.2, 0.25) is 0 Å². The molecule has 2 heterocycles. The summed E-state index contributed by atoms with van der Waals surface area (Å²) in [6.45, 7) is 5.92. The molecule has 0 aliphatic heterocycles. The molecule has 0 aliphatic rings. The third-order valence-corrected chi connectivity index (χ3v) is 3.73. The summed E-state index contributed by atoms with van der Waals surface area (Å²) in [6, 6.07) is 0.305. The maximum absolute atomic E-state index is 11.5. The van der Waals surface area contributed by atoms with Crippen LogP contribution in [-0.2, 0) is 4.74 Å². The third-order valence-electron chi connectivity index (χ3n) is 2.54. The van der Waals surface area contributed by atoms with Crippen LogP contribution in [0.5, 0.6) is 0 Å². The van der Waals surface area contributed by atoms with Gasteiger partial charge in [-0.25, -0.2) is 9.78 Å². The summed E-state index contributed by atoms with van der Waals surface area (Å²) in [6.07, 6.45) is 3.70. The fourth-order valence-corrected chi connectivity index (χ4v) is 2.49. The molecule has 6 heteroatoms. The van der Waals surface area contributed by atoms with Crippen molar-refractivity contribution in [1.29, 1.82) is 0 Å². The number of hydrogen-bond acceptors (Lipinski definition) is 5. The van der Waals surface area contributed by atoms with Crippen LogP contribution in [-0.4, -0.2) is 27.8 Å². The lowest BCUT2D eigenvalue weighted by Gasteiger charge is -2.02. The molecule has 0 spiro atoms. The minimum atomic E-state index is -0.340. The number of aromatic nitrogens is 3. The molecule has 5 nitrogen and oxygen atoms in total. The third kappa shape index (κ3) is 2.28. The molecule has 2 aromatic heterocycles. The SMILES string of the molecule is COC(=O)c1sc(-c2cnn(C(C)C)c2)nc1C. The van der Waals surface area contributed by atoms with Crippen LogP contribution in [0.15, 0.2) is 12.4 Å². The molecule has 96 valence electrons. The van der Waals surface area contributed by atoms with Crippen molar-refractivity contribution in [3.8, 4) is 10.6 Å². The van der Waals surface area contributed by atoms with Crippen LogP contribution in [0.25, 0.3) is 10.6 Å². The number of carbonyl (C=O) groups is 1. The number of nitrogens with zero attached hydrogens (tertiary/aromatic N) is 3. The molecule has 0 saturated carbocycles. The van der Waals surface area contributed by atoms with Gasteiger partial charge >= 0.3 is 5.97 Å². The van der Waals surface area contributed by atoms with E-state index >= 15 is 0 Å². The van der Waals surface area contributed by atoms with Crippen molar-refractivity contribution in [2.24, 2.45) is 0 Å². The van der Waals surface area contributed by atoms with Gasteiger partial charge in [-0.3, -0.25) is 4.68 Å². The molecule has 0 N–H and O–H groups in total. The Hall–Kier alpha value is -1.69. The van der Waals surface area contributed by atoms with E-state index in [1.807, 2.05) is 10.9 Å². The molecular weight excluding hydrogens is 250 g/mol. The molecule has 0 radical (unpaired) electrons. The Labute approximate surface area is 109 Å². The summed E-state index contributed by atoms with van der Waals surface area (Å²) < 4.78 is 6.59. The minimum Gasteiger partial charge on any atom is -0.465 e. The summed E-state index contributed by atoms with van der Waals surface area (Å²) in [5.41, 5.74) is 1.62. The average molecular weight is 265 g/mol. The van der Waals surface area contributed by atoms with Crippen molar-refractivity contribution in [1.82, 2.24) is 14.8 Å². The fraction of sp³-hybridized carbons (Fsp3) is 0.417. The van der Waals surface area contributed by atoms with Crippen LogP contribution in [0.1, 0.15) is 35.3 Å². The van der Waals surface area contributed by atoms with E-state index in [-0.39, 0.29) is 5.97 Å². The smallest absolute Gasteiger partial charge is 0.349 e. The van der Waals surface area contributed by atoms with Gasteiger partial charge in [0.2, 0.25) is 0 Å². The summed E-state index contributed by atoms with van der Waals surface area (Å²) in [4.78, 5) is 16.5. The normalized spacial score (nSPS) is 10.9. The second-order valence-corrected chi connectivity index (χ2v) is 5.23. The molecule has 0 aromatic carbocycles. The molecule has 0 fully saturated rings. The zero-order chi connectivity index (χ0) is 13.3. The second-order valence-electron chi connectivity index (χ2n) is 4.23. The predicted octanol–water partition coefficient (Wildman–Crippen LogP) is 2.68. The topological polar surface area (TPSA) is 57.0 Å². The highest BCUT2D eigenvalue weighted by molar-refractivity contribution is 7.17. The molecule has 2 rings (SSSR count). The molecule has 0 unspecified atom stereocenters. The van der Waals surface area contributed by atoms with E-state index in [9.17, 15) is 4.79 Å². The van der Waals surface area contributed by atoms with E-state index in [1.165, 1.54) is 18.4 Å². The Balaban J connectivity index is 2.36. The van der Waals surface area contributed by atoms with E-state index in [2.05, 4.69) is 23.9 Å². The summed E-state index contributed by atoms with van der Waals surface area (Å²) in [5, 5.41) is 5.05. The van der Waals surface area contributed by atoms with E-state index in [1.54, 1.807) is 13.1 Å². The summed E-state index contributed by atoms with van der Waals surface area (Å²) >= 11 is 1.33. The number of esters is 1. The van der Waals surface area contributed by atoms with E-state index < -0.39 is 0 Å². The molecule has 0 amide bonds. The van der Waals surface area contributed by atoms with Gasteiger partial charge in [-0.1, -0.05) is 0 Å². The van der Waals surface area contributed by atoms with Gasteiger partial charge in [0.15, 0.2) is 0 Å². The molecular formula is C12H15N3O2S. The van der Waals surface area contributed by atoms with Gasteiger partial charge in [0.1, 0.15) is 9.88 Å². The first-order valence-corrected chi connectivity index (χ1v) is 6.45. The number of ether oxygens (including phenoxy) is 1. The Morgan fingerprint density at radius 2 is 2.22 bits per heavy atom. The minimum absolute atomic E-state index is 0.305. The molecule has 2 aromatic rings. The predicted molar refractivity (Wildman–Crippen MR) is 69.8 cm³/mol. The van der Waals surface area contributed by atoms with Gasteiger partial charge in [0.25, 0.3) is 0 Å². The quantitative estimate of drug-likeness (QED) is 0.801. The van der Waals surface area contributed by atoms with Crippen molar-refractivity contribution < 1.29 is 9.53 Å². The highest BCUT2D eigenvalue weighted by atomic mass is 32.1. The second kappa shape index (κ2) is 4.89. The van der Waals surface area contributed by atoms with Crippen molar-refractivity contribution >= 4 is 17.3 Å². The molecule has 0 bridgehead atoms. The first kappa shape index (κ1) is 12.8. The number of rotatable bonds is 3. The molecule has 0 saturated heterocycles. The largest absolute Gasteiger partial charge is 0.465 e. The first-order valence-electron chi connectivity index (χ1n) is 5.63. The van der Waals surface area contributed by atoms with Crippen LogP contribution in [0.3, 0.4) is 0 Å². The van der Waals surface area contributed by atoms with Crippen LogP contribution in [0, 0.1) is 6.92 Å². The standard InChI is InChI=1S/C12H15N3O2S/c1-7(2)15-6-9(5-13-15)11-14-8(3)10(18-11)12(16)17-4/h5-7H,1-4H3. The van der Waals surface area contributed by atoms with Crippen molar-refractivity contribution in [3.63, 3.8) is 0 Å². The van der Waals surface area contributed by atoms with Gasteiger partial charge in [0.05, 0.1) is 19.0 Å². The zero-order valence-corrected chi connectivity index (χ0v) is 11.6. The van der Waals surface area contributed by atoms with Crippen LogP contribution < -0.4 is 0 Å². The molecule has 0 aliphatic carbocycles. The van der Waals surface area contributed by atoms with Gasteiger partial charge in [-0.05, 0) is 20.8 Å². The Bertz CT molecular complexity index is 572. The van der Waals surface area contributed by atoms with E-state index in [0.717, 1.165) is 10.6 Å². The first-order chi connectivity index (χ1) is 8.52. The molecule has 0 atom stereocenters. The number of aryl methyl sites for hydroxylation is 1. The Morgan fingerprint density at radius 1 is 1.50 bits per heavy atom. The van der Waals surface area contributed by atoms with Crippen molar-refractivity contribution in [3.05, 3.63) is 23.0 Å². The monoisotopic (exact) mass is 265 g/mol. The van der Waals surface area contributed by atoms with Crippen LogP contribution >= 0.6 is 11.3 Å². The van der Waals surface area contributed by atoms with Crippen molar-refractivity contribution in [2.75, 3.05) is 7.11 Å². The Morgan fingerprint density at radius 3 is 2.78 bits per heavy atom. The summed E-state index contributed by atoms with van der Waals surface area (Å²) in [7, 11) is 1.37. The number of carbonyl (C=O) groups excluding carboxylic acids is 1. The van der Waals surface area contributed by atoms with Gasteiger partial charge < -0.3 is 4.74 Å². The lowest BCUT2D eigenvalue weighted by molar-refractivity contribution is 0.0605. The zero-order valence-electron chi connectivity index (χ0n) is 10.8. The van der Waals surface area contributed by atoms with Crippen molar-refractivity contribution in [2.45, 2.75) is 26.8 Å². The van der Waals surface area contributed by atoms with Crippen LogP contribution in [0.4, 0.5) is 0 Å². The fourth-order valence-electron chi connectivity index (χ4n) is 1.53. The lowest BCUT2D eigenvalue weighted by Crippen LogP contribution is -1.99. The van der Waals surface area contributed by atoms with E-state index in [4.69, 9.17) is 4.74 Å². The number of methoxy groups -OCH3 is 1. The molecule has 18 heavy (non-hydrogen) atoms. The average Bonchev–Trinajstić information content (AvgIpc) is 2.94. The van der Waals surface area contributed by atoms with Gasteiger partial charge in [-0.15, -0.1) is 11.3 Å². The number of hydrogen-bond donors (Lipinski definition) is 0. The maximum atomic E-state index is 11.5. The maximum Gasteiger partial charge on any atom is 0.349 e. The highest BCUT2D eigenvalue weighted by Gasteiger charge is 2.17. The van der Waals surface area contributed by atoms with Gasteiger partial charge in [0, 0.05) is 17.8 Å². The summed E-state index contributed by atoms with van der Waals surface area (Å²) in [5.74, 6) is -0.340. The Kier molecular flexibility index (Phi) is 3.47. The lowest BCUT2D eigenvalue weighted by atomic mass is 10.3. The highest BCUT2D eigenvalue weighted by Crippen LogP contribution is 2.28. The number of thiazole rings is 1. The van der Waals surface area contributed by atoms with Gasteiger partial charge in [-0.2, -0.15) is 5.10 Å².